The van der Waals surface area contributed by atoms with E-state index in [9.17, 15) is 26.4 Å². The standard InChI is InChI=1S/C30H29F3N8O3S/c1-18-26(36-17-41(18)45(2,43)44)24-13-20-14-35-29(38-22-9-7-21(8-10-22)37-23-11-12-34-15-23)39-27(20)40(28(24)42)16-19-5-3-4-6-25(19)30(31,32)33/h3-10,13-14,17,23,34,37H,11-12,15-16H2,1-2H3,(H,35,38,39). The van der Waals surface area contributed by atoms with Gasteiger partial charge in [0.15, 0.2) is 0 Å². The summed E-state index contributed by atoms with van der Waals surface area (Å²) in [5.74, 6) is 0.130. The van der Waals surface area contributed by atoms with Gasteiger partial charge in [-0.3, -0.25) is 9.36 Å². The fourth-order valence-electron chi connectivity index (χ4n) is 5.43. The first-order valence-corrected chi connectivity index (χ1v) is 15.9. The fourth-order valence-corrected chi connectivity index (χ4v) is 6.23. The number of benzene rings is 2. The third-order valence-corrected chi connectivity index (χ3v) is 8.71. The molecule has 1 fully saturated rings. The van der Waals surface area contributed by atoms with Gasteiger partial charge in [-0.25, -0.2) is 22.4 Å². The zero-order valence-corrected chi connectivity index (χ0v) is 25.1. The number of nitrogens with zero attached hydrogens (tertiary/aromatic N) is 5. The van der Waals surface area contributed by atoms with E-state index in [1.54, 1.807) is 0 Å². The van der Waals surface area contributed by atoms with Crippen molar-refractivity contribution in [3.05, 3.63) is 94.3 Å². The van der Waals surface area contributed by atoms with Crippen LogP contribution < -0.4 is 21.5 Å². The van der Waals surface area contributed by atoms with Gasteiger partial charge in [0.25, 0.3) is 5.56 Å². The molecule has 0 aliphatic carbocycles. The number of rotatable bonds is 8. The molecule has 1 saturated heterocycles. The molecule has 1 aliphatic rings. The lowest BCUT2D eigenvalue weighted by molar-refractivity contribution is -0.138. The van der Waals surface area contributed by atoms with E-state index in [0.29, 0.717) is 17.1 Å². The van der Waals surface area contributed by atoms with Crippen molar-refractivity contribution in [3.8, 4) is 11.3 Å². The van der Waals surface area contributed by atoms with Crippen LogP contribution in [-0.4, -0.2) is 57.3 Å². The molecule has 2 aromatic carbocycles. The van der Waals surface area contributed by atoms with Crippen molar-refractivity contribution in [1.29, 1.82) is 0 Å². The zero-order chi connectivity index (χ0) is 31.9. The summed E-state index contributed by atoms with van der Waals surface area (Å²) in [5, 5.41) is 10.2. The maximum Gasteiger partial charge on any atom is 0.416 e. The molecule has 0 radical (unpaired) electrons. The van der Waals surface area contributed by atoms with E-state index < -0.39 is 33.9 Å². The molecule has 1 unspecified atom stereocenters. The quantitative estimate of drug-likeness (QED) is 0.227. The van der Waals surface area contributed by atoms with Gasteiger partial charge in [0.1, 0.15) is 12.0 Å². The second-order valence-corrected chi connectivity index (χ2v) is 12.7. The lowest BCUT2D eigenvalue weighted by atomic mass is 10.1. The van der Waals surface area contributed by atoms with Gasteiger partial charge in [0.2, 0.25) is 16.0 Å². The second-order valence-electron chi connectivity index (χ2n) is 10.9. The Morgan fingerprint density at radius 2 is 1.80 bits per heavy atom. The molecule has 6 rings (SSSR count). The van der Waals surface area contributed by atoms with E-state index in [-0.39, 0.29) is 34.1 Å². The average Bonchev–Trinajstić information content (AvgIpc) is 3.65. The van der Waals surface area contributed by atoms with Crippen molar-refractivity contribution in [3.63, 3.8) is 0 Å². The van der Waals surface area contributed by atoms with Crippen LogP contribution in [0.2, 0.25) is 0 Å². The number of alkyl halides is 3. The van der Waals surface area contributed by atoms with Crippen LogP contribution >= 0.6 is 0 Å². The summed E-state index contributed by atoms with van der Waals surface area (Å²) < 4.78 is 68.3. The Morgan fingerprint density at radius 3 is 2.47 bits per heavy atom. The number of fused-ring (bicyclic) bond motifs is 1. The van der Waals surface area contributed by atoms with E-state index in [0.717, 1.165) is 52.4 Å². The largest absolute Gasteiger partial charge is 0.416 e. The molecule has 15 heteroatoms. The van der Waals surface area contributed by atoms with Crippen LogP contribution in [0.15, 0.2) is 71.9 Å². The highest BCUT2D eigenvalue weighted by molar-refractivity contribution is 7.89. The van der Waals surface area contributed by atoms with E-state index in [1.165, 1.54) is 37.4 Å². The Kier molecular flexibility index (Phi) is 7.82. The second kappa shape index (κ2) is 11.6. The van der Waals surface area contributed by atoms with E-state index in [4.69, 9.17) is 0 Å². The number of pyridine rings is 1. The highest BCUT2D eigenvalue weighted by atomic mass is 32.2. The molecule has 4 heterocycles. The molecule has 3 N–H and O–H groups in total. The van der Waals surface area contributed by atoms with E-state index in [1.807, 2.05) is 24.3 Å². The maximum absolute atomic E-state index is 14.0. The van der Waals surface area contributed by atoms with E-state index in [2.05, 4.69) is 30.9 Å². The molecule has 3 aromatic heterocycles. The first-order valence-electron chi connectivity index (χ1n) is 14.0. The summed E-state index contributed by atoms with van der Waals surface area (Å²) >= 11 is 0. The lowest BCUT2D eigenvalue weighted by Crippen LogP contribution is -2.25. The van der Waals surface area contributed by atoms with Crippen LogP contribution in [0.4, 0.5) is 30.5 Å². The van der Waals surface area contributed by atoms with Crippen LogP contribution in [0.25, 0.3) is 22.3 Å². The Bertz CT molecular complexity index is 2050. The van der Waals surface area contributed by atoms with Crippen LogP contribution in [0.3, 0.4) is 0 Å². The molecule has 0 saturated carbocycles. The minimum absolute atomic E-state index is 0.00301. The average molecular weight is 639 g/mol. The topological polar surface area (TPSA) is 136 Å². The number of nitrogens with one attached hydrogen (secondary N) is 3. The summed E-state index contributed by atoms with van der Waals surface area (Å²) in [6.45, 7) is 2.89. The Labute approximate surface area is 256 Å². The lowest BCUT2D eigenvalue weighted by Gasteiger charge is -2.17. The summed E-state index contributed by atoms with van der Waals surface area (Å²) in [5.41, 5.74) is 0.239. The smallest absolute Gasteiger partial charge is 0.381 e. The van der Waals surface area contributed by atoms with Crippen molar-refractivity contribution in [1.82, 2.24) is 28.8 Å². The van der Waals surface area contributed by atoms with Gasteiger partial charge < -0.3 is 16.0 Å². The molecule has 0 bridgehead atoms. The van der Waals surface area contributed by atoms with E-state index >= 15 is 0 Å². The normalized spacial score (nSPS) is 15.4. The predicted molar refractivity (Wildman–Crippen MR) is 165 cm³/mol. The monoisotopic (exact) mass is 638 g/mol. The summed E-state index contributed by atoms with van der Waals surface area (Å²) in [4.78, 5) is 27.1. The fraction of sp³-hybridized carbons (Fsp3) is 0.267. The third kappa shape index (κ3) is 6.26. The minimum Gasteiger partial charge on any atom is -0.381 e. The molecular formula is C30H29F3N8O3S. The molecule has 0 spiro atoms. The molecular weight excluding hydrogens is 609 g/mol. The molecule has 234 valence electrons. The molecule has 45 heavy (non-hydrogen) atoms. The number of hydrogen-bond acceptors (Lipinski definition) is 9. The molecule has 11 nitrogen and oxygen atoms in total. The van der Waals surface area contributed by atoms with Crippen molar-refractivity contribution in [2.24, 2.45) is 0 Å². The SMILES string of the molecule is Cc1c(-c2cc3cnc(Nc4ccc(NC5CCNC5)cc4)nc3n(Cc3ccccc3C(F)(F)F)c2=O)ncn1S(C)(=O)=O. The highest BCUT2D eigenvalue weighted by Crippen LogP contribution is 2.33. The van der Waals surface area contributed by atoms with Crippen LogP contribution in [0.1, 0.15) is 23.2 Å². The predicted octanol–water partition coefficient (Wildman–Crippen LogP) is 4.36. The molecule has 5 aromatic rings. The first kappa shape index (κ1) is 30.3. The zero-order valence-electron chi connectivity index (χ0n) is 24.3. The van der Waals surface area contributed by atoms with Crippen molar-refractivity contribution in [2.75, 3.05) is 30.0 Å². The summed E-state index contributed by atoms with van der Waals surface area (Å²) in [7, 11) is -3.72. The van der Waals surface area contributed by atoms with Crippen molar-refractivity contribution < 1.29 is 21.6 Å². The maximum atomic E-state index is 14.0. The van der Waals surface area contributed by atoms with Gasteiger partial charge in [-0.15, -0.1) is 0 Å². The van der Waals surface area contributed by atoms with Crippen LogP contribution in [0.5, 0.6) is 0 Å². The van der Waals surface area contributed by atoms with Crippen molar-refractivity contribution in [2.45, 2.75) is 32.1 Å². The summed E-state index contributed by atoms with van der Waals surface area (Å²) in [6.07, 6.45) is -0.0955. The van der Waals surface area contributed by atoms with Crippen LogP contribution in [0, 0.1) is 6.92 Å². The minimum atomic E-state index is -4.66. The first-order chi connectivity index (χ1) is 21.4. The van der Waals surface area contributed by atoms with Gasteiger partial charge in [0, 0.05) is 35.5 Å². The summed E-state index contributed by atoms with van der Waals surface area (Å²) in [6, 6.07) is 14.3. The van der Waals surface area contributed by atoms with Gasteiger partial charge in [-0.2, -0.15) is 18.2 Å². The van der Waals surface area contributed by atoms with Gasteiger partial charge >= 0.3 is 6.18 Å². The van der Waals surface area contributed by atoms with Gasteiger partial charge in [-0.1, -0.05) is 18.2 Å². The van der Waals surface area contributed by atoms with Crippen LogP contribution in [-0.2, 0) is 22.7 Å². The Balaban J connectivity index is 1.43. The molecule has 1 aliphatic heterocycles. The number of anilines is 3. The number of halogens is 3. The van der Waals surface area contributed by atoms with Gasteiger partial charge in [0.05, 0.1) is 35.3 Å². The Morgan fingerprint density at radius 1 is 1.07 bits per heavy atom. The molecule has 1 atom stereocenters. The highest BCUT2D eigenvalue weighted by Gasteiger charge is 2.33. The van der Waals surface area contributed by atoms with Gasteiger partial charge in [-0.05, 0) is 61.9 Å². The molecule has 0 amide bonds. The third-order valence-electron chi connectivity index (χ3n) is 7.63. The number of aromatic nitrogens is 5. The Hall–Kier alpha value is -4.76. The number of hydrogen-bond donors (Lipinski definition) is 3. The van der Waals surface area contributed by atoms with Crippen molar-refractivity contribution >= 4 is 38.4 Å². The number of imidazole rings is 1.